The molecule has 2 aliphatic rings. The molecule has 0 aliphatic heterocycles. The minimum atomic E-state index is -0.986. The summed E-state index contributed by atoms with van der Waals surface area (Å²) in [6, 6.07) is 3.41. The van der Waals surface area contributed by atoms with Crippen LogP contribution in [0, 0.1) is 29.4 Å². The number of amides is 1. The summed E-state index contributed by atoms with van der Waals surface area (Å²) in [6.45, 7) is 0. The Morgan fingerprint density at radius 3 is 2.76 bits per heavy atom. The Morgan fingerprint density at radius 2 is 2.00 bits per heavy atom. The first-order chi connectivity index (χ1) is 12.0. The van der Waals surface area contributed by atoms with Crippen molar-refractivity contribution in [3.63, 3.8) is 0 Å². The normalized spacial score (nSPS) is 27.6. The lowest BCUT2D eigenvalue weighted by molar-refractivity contribution is -0.148. The van der Waals surface area contributed by atoms with E-state index >= 15 is 0 Å². The van der Waals surface area contributed by atoms with Crippen LogP contribution in [0.3, 0.4) is 0 Å². The van der Waals surface area contributed by atoms with E-state index in [1.165, 1.54) is 19.2 Å². The Bertz CT molecular complexity index is 863. The Hall–Kier alpha value is -2.44. The van der Waals surface area contributed by atoms with Gasteiger partial charge in [-0.2, -0.15) is 0 Å². The first kappa shape index (κ1) is 16.1. The highest BCUT2D eigenvalue weighted by molar-refractivity contribution is 5.98. The molecule has 0 saturated heterocycles. The average Bonchev–Trinajstić information content (AvgIpc) is 3.31. The smallest absolute Gasteiger partial charge is 0.311 e. The maximum Gasteiger partial charge on any atom is 0.311 e. The molecule has 0 unspecified atom stereocenters. The fourth-order valence-electron chi connectivity index (χ4n) is 4.47. The first-order valence-corrected chi connectivity index (χ1v) is 8.35. The van der Waals surface area contributed by atoms with Crippen molar-refractivity contribution in [2.45, 2.75) is 25.3 Å². The zero-order valence-electron chi connectivity index (χ0n) is 13.6. The number of hydrogen-bond donors (Lipinski definition) is 2. The Morgan fingerprint density at radius 1 is 1.24 bits per heavy atom. The molecule has 2 aliphatic carbocycles. The molecule has 2 fully saturated rings. The van der Waals surface area contributed by atoms with E-state index in [1.807, 2.05) is 0 Å². The number of rotatable bonds is 3. The van der Waals surface area contributed by atoms with Crippen LogP contribution < -0.4 is 5.32 Å². The zero-order chi connectivity index (χ0) is 17.7. The fourth-order valence-corrected chi connectivity index (χ4v) is 4.47. The number of H-pyrrole nitrogens is 1. The Kier molecular flexibility index (Phi) is 3.74. The largest absolute Gasteiger partial charge is 0.469 e. The summed E-state index contributed by atoms with van der Waals surface area (Å²) < 4.78 is 32.0. The van der Waals surface area contributed by atoms with Crippen LogP contribution in [0.2, 0.25) is 0 Å². The van der Waals surface area contributed by atoms with Gasteiger partial charge in [-0.05, 0) is 49.3 Å². The summed E-state index contributed by atoms with van der Waals surface area (Å²) in [7, 11) is 1.35. The number of aromatic nitrogens is 1. The van der Waals surface area contributed by atoms with E-state index in [1.54, 1.807) is 0 Å². The molecule has 1 aromatic heterocycles. The van der Waals surface area contributed by atoms with E-state index in [0.717, 1.165) is 25.3 Å². The molecule has 4 rings (SSSR count). The second-order valence-corrected chi connectivity index (χ2v) is 6.89. The molecule has 4 atom stereocenters. The van der Waals surface area contributed by atoms with Gasteiger partial charge in [-0.25, -0.2) is 8.78 Å². The maximum atomic E-state index is 13.8. The second kappa shape index (κ2) is 5.82. The van der Waals surface area contributed by atoms with Crippen LogP contribution in [0.5, 0.6) is 0 Å². The molecule has 1 amide bonds. The van der Waals surface area contributed by atoms with Gasteiger partial charge >= 0.3 is 5.97 Å². The number of methoxy groups -OCH3 is 1. The maximum absolute atomic E-state index is 13.8. The van der Waals surface area contributed by atoms with Gasteiger partial charge in [-0.1, -0.05) is 0 Å². The highest BCUT2D eigenvalue weighted by Gasteiger charge is 2.52. The van der Waals surface area contributed by atoms with Crippen molar-refractivity contribution in [3.8, 4) is 0 Å². The second-order valence-electron chi connectivity index (χ2n) is 6.89. The van der Waals surface area contributed by atoms with Gasteiger partial charge in [0, 0.05) is 16.9 Å². The van der Waals surface area contributed by atoms with Gasteiger partial charge in [0.15, 0.2) is 11.6 Å². The summed E-state index contributed by atoms with van der Waals surface area (Å²) in [5, 5.41) is 2.93. The lowest BCUT2D eigenvalue weighted by Crippen LogP contribution is -2.47. The van der Waals surface area contributed by atoms with Crippen molar-refractivity contribution in [1.82, 2.24) is 10.3 Å². The quantitative estimate of drug-likeness (QED) is 0.838. The van der Waals surface area contributed by atoms with Crippen LogP contribution in [0.15, 0.2) is 18.2 Å². The third-order valence-electron chi connectivity index (χ3n) is 5.62. The van der Waals surface area contributed by atoms with Crippen molar-refractivity contribution in [2.24, 2.45) is 17.8 Å². The van der Waals surface area contributed by atoms with Crippen LogP contribution in [0.1, 0.15) is 29.8 Å². The van der Waals surface area contributed by atoms with Crippen LogP contribution in [0.25, 0.3) is 10.9 Å². The van der Waals surface area contributed by atoms with E-state index in [9.17, 15) is 18.4 Å². The van der Waals surface area contributed by atoms with E-state index < -0.39 is 17.5 Å². The third-order valence-corrected chi connectivity index (χ3v) is 5.62. The van der Waals surface area contributed by atoms with Gasteiger partial charge in [0.05, 0.1) is 13.0 Å². The molecule has 1 heterocycles. The lowest BCUT2D eigenvalue weighted by Gasteiger charge is -2.29. The molecule has 7 heteroatoms. The molecule has 5 nitrogen and oxygen atoms in total. The fraction of sp³-hybridized carbons (Fsp3) is 0.444. The zero-order valence-corrected chi connectivity index (χ0v) is 13.6. The standard InChI is InChI=1S/C18H18F2N2O3/c1-25-18(24)14-8-2-3-9(6-8)16(14)22-17(23)13-7-10-12(21-13)5-4-11(19)15(10)20/h4-5,7-9,14,16,21H,2-3,6H2,1H3,(H,22,23)/t8-,9-,14-,16+/m0/s1. The molecule has 0 radical (unpaired) electrons. The van der Waals surface area contributed by atoms with Crippen molar-refractivity contribution in [1.29, 1.82) is 0 Å². The van der Waals surface area contributed by atoms with Crippen LogP contribution in [0.4, 0.5) is 8.78 Å². The van der Waals surface area contributed by atoms with Crippen molar-refractivity contribution in [2.75, 3.05) is 7.11 Å². The summed E-state index contributed by atoms with van der Waals surface area (Å²) in [4.78, 5) is 27.5. The molecule has 2 saturated carbocycles. The third kappa shape index (κ3) is 2.49. The number of nitrogens with one attached hydrogen (secondary N) is 2. The molecule has 2 bridgehead atoms. The molecular weight excluding hydrogens is 330 g/mol. The molecule has 1 aromatic carbocycles. The molecular formula is C18H18F2N2O3. The predicted octanol–water partition coefficient (Wildman–Crippen LogP) is 2.76. The van der Waals surface area contributed by atoms with Crippen LogP contribution in [-0.2, 0) is 9.53 Å². The van der Waals surface area contributed by atoms with Gasteiger partial charge in [-0.15, -0.1) is 0 Å². The predicted molar refractivity (Wildman–Crippen MR) is 85.8 cm³/mol. The molecule has 2 N–H and O–H groups in total. The SMILES string of the molecule is COC(=O)[C@H]1[C@H]2CC[C@@H](C2)[C@H]1NC(=O)c1cc2c(F)c(F)ccc2[nH]1. The first-order valence-electron chi connectivity index (χ1n) is 8.35. The van der Waals surface area contributed by atoms with E-state index in [0.29, 0.717) is 5.52 Å². The van der Waals surface area contributed by atoms with Gasteiger partial charge in [0.2, 0.25) is 0 Å². The van der Waals surface area contributed by atoms with Gasteiger partial charge in [0.25, 0.3) is 5.91 Å². The molecule has 25 heavy (non-hydrogen) atoms. The topological polar surface area (TPSA) is 71.2 Å². The minimum absolute atomic E-state index is 0.0302. The van der Waals surface area contributed by atoms with Crippen molar-refractivity contribution in [3.05, 3.63) is 35.5 Å². The van der Waals surface area contributed by atoms with E-state index in [-0.39, 0.29) is 40.8 Å². The lowest BCUT2D eigenvalue weighted by atomic mass is 9.84. The number of halogens is 2. The van der Waals surface area contributed by atoms with Gasteiger partial charge in [0.1, 0.15) is 5.69 Å². The number of hydrogen-bond acceptors (Lipinski definition) is 3. The minimum Gasteiger partial charge on any atom is -0.469 e. The van der Waals surface area contributed by atoms with Crippen molar-refractivity contribution < 1.29 is 23.1 Å². The summed E-state index contributed by atoms with van der Waals surface area (Å²) in [6.07, 6.45) is 2.83. The number of ether oxygens (including phenoxy) is 1. The average molecular weight is 348 g/mol. The number of fused-ring (bicyclic) bond motifs is 3. The van der Waals surface area contributed by atoms with E-state index in [4.69, 9.17) is 4.74 Å². The highest BCUT2D eigenvalue weighted by Crippen LogP contribution is 2.49. The monoisotopic (exact) mass is 348 g/mol. The van der Waals surface area contributed by atoms with E-state index in [2.05, 4.69) is 10.3 Å². The van der Waals surface area contributed by atoms with Crippen LogP contribution in [-0.4, -0.2) is 30.0 Å². The van der Waals surface area contributed by atoms with Gasteiger partial charge in [-0.3, -0.25) is 9.59 Å². The number of carbonyl (C=O) groups is 2. The Balaban J connectivity index is 1.59. The highest BCUT2D eigenvalue weighted by atomic mass is 19.2. The van der Waals surface area contributed by atoms with Crippen LogP contribution >= 0.6 is 0 Å². The summed E-state index contributed by atoms with van der Waals surface area (Å²) in [5.41, 5.74) is 0.493. The van der Waals surface area contributed by atoms with Gasteiger partial charge < -0.3 is 15.0 Å². The number of esters is 1. The number of aromatic amines is 1. The molecule has 132 valence electrons. The molecule has 2 aromatic rings. The van der Waals surface area contributed by atoms with Crippen molar-refractivity contribution >= 4 is 22.8 Å². The summed E-state index contributed by atoms with van der Waals surface area (Å²) >= 11 is 0. The summed E-state index contributed by atoms with van der Waals surface area (Å²) in [5.74, 6) is -2.54. The molecule has 0 spiro atoms. The Labute approximate surface area is 142 Å². The number of carbonyl (C=O) groups excluding carboxylic acids is 2. The number of benzene rings is 1.